The molecule has 1 aromatic heterocycles. The lowest BCUT2D eigenvalue weighted by atomic mass is 10.1. The van der Waals surface area contributed by atoms with Crippen LogP contribution in [0.15, 0.2) is 88.8 Å². The van der Waals surface area contributed by atoms with Crippen molar-refractivity contribution in [2.45, 2.75) is 6.92 Å². The lowest BCUT2D eigenvalue weighted by Crippen LogP contribution is -2.23. The lowest BCUT2D eigenvalue weighted by Gasteiger charge is -2.13. The second-order valence-electron chi connectivity index (χ2n) is 6.47. The summed E-state index contributed by atoms with van der Waals surface area (Å²) in [5.41, 5.74) is 5.86. The first kappa shape index (κ1) is 18.4. The predicted molar refractivity (Wildman–Crippen MR) is 116 cm³/mol. The molecular formula is C23H20N4O2. The van der Waals surface area contributed by atoms with E-state index in [9.17, 15) is 4.79 Å². The molecule has 0 bridgehead atoms. The van der Waals surface area contributed by atoms with Crippen LogP contribution in [0.2, 0.25) is 0 Å². The third kappa shape index (κ3) is 3.73. The van der Waals surface area contributed by atoms with E-state index in [2.05, 4.69) is 15.5 Å². The van der Waals surface area contributed by atoms with Gasteiger partial charge in [-0.2, -0.15) is 5.10 Å². The van der Waals surface area contributed by atoms with Crippen molar-refractivity contribution >= 4 is 22.6 Å². The van der Waals surface area contributed by atoms with Gasteiger partial charge in [-0.3, -0.25) is 4.79 Å². The van der Waals surface area contributed by atoms with E-state index in [4.69, 9.17) is 4.74 Å². The molecule has 0 aliphatic carbocycles. The highest BCUT2D eigenvalue weighted by Gasteiger charge is 2.13. The maximum absolute atomic E-state index is 13.2. The fourth-order valence-corrected chi connectivity index (χ4v) is 3.06. The summed E-state index contributed by atoms with van der Waals surface area (Å²) >= 11 is 0. The van der Waals surface area contributed by atoms with Crippen LogP contribution in [0.4, 0.5) is 5.95 Å². The highest BCUT2D eigenvalue weighted by molar-refractivity contribution is 5.99. The Hall–Kier alpha value is -3.93. The molecule has 0 unspecified atom stereocenters. The summed E-state index contributed by atoms with van der Waals surface area (Å²) in [5, 5.41) is 4.99. The highest BCUT2D eigenvalue weighted by Crippen LogP contribution is 2.19. The Kier molecular flexibility index (Phi) is 5.07. The van der Waals surface area contributed by atoms with Crippen molar-refractivity contribution in [2.75, 3.05) is 12.5 Å². The third-order valence-electron chi connectivity index (χ3n) is 4.62. The molecule has 0 fully saturated rings. The molecule has 0 saturated carbocycles. The second kappa shape index (κ2) is 7.98. The first-order valence-electron chi connectivity index (χ1n) is 9.19. The van der Waals surface area contributed by atoms with Gasteiger partial charge in [0.05, 0.1) is 29.4 Å². The van der Waals surface area contributed by atoms with Crippen LogP contribution in [0, 0.1) is 0 Å². The van der Waals surface area contributed by atoms with Crippen molar-refractivity contribution in [3.05, 3.63) is 94.8 Å². The van der Waals surface area contributed by atoms with Crippen molar-refractivity contribution in [3.8, 4) is 11.4 Å². The molecule has 4 rings (SSSR count). The molecule has 1 N–H and O–H groups in total. The van der Waals surface area contributed by atoms with Crippen molar-refractivity contribution in [1.29, 1.82) is 0 Å². The van der Waals surface area contributed by atoms with E-state index in [1.807, 2.05) is 67.6 Å². The molecule has 0 saturated heterocycles. The Balaban J connectivity index is 1.84. The van der Waals surface area contributed by atoms with E-state index in [0.29, 0.717) is 28.3 Å². The summed E-state index contributed by atoms with van der Waals surface area (Å²) in [5.74, 6) is 1.05. The number of fused-ring (bicyclic) bond motifs is 1. The number of methoxy groups -OCH3 is 1. The summed E-state index contributed by atoms with van der Waals surface area (Å²) in [6.07, 6.45) is 0. The maximum atomic E-state index is 13.2. The van der Waals surface area contributed by atoms with Gasteiger partial charge in [-0.1, -0.05) is 42.5 Å². The molecule has 6 nitrogen and oxygen atoms in total. The summed E-state index contributed by atoms with van der Waals surface area (Å²) in [6, 6.07) is 24.3. The summed E-state index contributed by atoms with van der Waals surface area (Å²) < 4.78 is 6.74. The predicted octanol–water partition coefficient (Wildman–Crippen LogP) is 4.23. The number of rotatable bonds is 5. The Morgan fingerprint density at radius 2 is 1.66 bits per heavy atom. The van der Waals surface area contributed by atoms with Crippen LogP contribution in [0.5, 0.6) is 5.75 Å². The van der Waals surface area contributed by atoms with Crippen molar-refractivity contribution < 1.29 is 4.74 Å². The zero-order chi connectivity index (χ0) is 20.2. The number of hydrogen-bond donors (Lipinski definition) is 1. The first-order chi connectivity index (χ1) is 14.2. The highest BCUT2D eigenvalue weighted by atomic mass is 16.5. The third-order valence-corrected chi connectivity index (χ3v) is 4.62. The average Bonchev–Trinajstić information content (AvgIpc) is 2.78. The van der Waals surface area contributed by atoms with E-state index in [1.54, 1.807) is 25.3 Å². The van der Waals surface area contributed by atoms with Gasteiger partial charge >= 0.3 is 0 Å². The number of nitrogens with one attached hydrogen (secondary N) is 1. The Labute approximate surface area is 168 Å². The van der Waals surface area contributed by atoms with E-state index in [-0.39, 0.29) is 5.56 Å². The number of para-hydroxylation sites is 1. The molecule has 1 heterocycles. The Bertz CT molecular complexity index is 1230. The van der Waals surface area contributed by atoms with Crippen LogP contribution in [-0.4, -0.2) is 22.4 Å². The molecule has 4 aromatic rings. The topological polar surface area (TPSA) is 68.5 Å². The number of nitrogens with zero attached hydrogens (tertiary/aromatic N) is 3. The smallest absolute Gasteiger partial charge is 0.267 e. The minimum atomic E-state index is -0.171. The fourth-order valence-electron chi connectivity index (χ4n) is 3.06. The van der Waals surface area contributed by atoms with Crippen molar-refractivity contribution in [1.82, 2.24) is 9.55 Å². The monoisotopic (exact) mass is 384 g/mol. The van der Waals surface area contributed by atoms with Crippen LogP contribution in [0.1, 0.15) is 12.5 Å². The number of aromatic nitrogens is 2. The summed E-state index contributed by atoms with van der Waals surface area (Å²) in [4.78, 5) is 17.9. The van der Waals surface area contributed by atoms with Gasteiger partial charge in [0.15, 0.2) is 0 Å². The van der Waals surface area contributed by atoms with Gasteiger partial charge < -0.3 is 4.74 Å². The largest absolute Gasteiger partial charge is 0.497 e. The van der Waals surface area contributed by atoms with Gasteiger partial charge in [0.2, 0.25) is 5.95 Å². The van der Waals surface area contributed by atoms with Gasteiger partial charge in [-0.15, -0.1) is 0 Å². The van der Waals surface area contributed by atoms with Gasteiger partial charge in [-0.25, -0.2) is 15.0 Å². The molecule has 3 aromatic carbocycles. The molecule has 6 heteroatoms. The Morgan fingerprint density at radius 1 is 0.966 bits per heavy atom. The van der Waals surface area contributed by atoms with Gasteiger partial charge in [-0.05, 0) is 48.9 Å². The molecule has 144 valence electrons. The molecule has 0 atom stereocenters. The number of ether oxygens (including phenoxy) is 1. The number of anilines is 1. The fraction of sp³-hybridized carbons (Fsp3) is 0.0870. The van der Waals surface area contributed by atoms with Crippen molar-refractivity contribution in [3.63, 3.8) is 0 Å². The maximum Gasteiger partial charge on any atom is 0.267 e. The van der Waals surface area contributed by atoms with E-state index >= 15 is 0 Å². The average molecular weight is 384 g/mol. The van der Waals surface area contributed by atoms with E-state index < -0.39 is 0 Å². The number of hydrogen-bond acceptors (Lipinski definition) is 5. The zero-order valence-electron chi connectivity index (χ0n) is 16.2. The minimum Gasteiger partial charge on any atom is -0.497 e. The van der Waals surface area contributed by atoms with Crippen LogP contribution >= 0.6 is 0 Å². The molecular weight excluding hydrogens is 364 g/mol. The number of hydrazone groups is 1. The van der Waals surface area contributed by atoms with Gasteiger partial charge in [0.25, 0.3) is 5.56 Å². The first-order valence-corrected chi connectivity index (χ1v) is 9.19. The second-order valence-corrected chi connectivity index (χ2v) is 6.47. The standard InChI is InChI=1S/C23H20N4O2/c1-16(17-8-4-3-5-9-17)25-26-23-24-21-11-7-6-10-20(21)22(28)27(23)18-12-14-19(29-2)15-13-18/h3-15H,1-2H3,(H,24,26)/b25-16+. The van der Waals surface area contributed by atoms with Crippen LogP contribution in [-0.2, 0) is 0 Å². The normalized spacial score (nSPS) is 11.4. The summed E-state index contributed by atoms with van der Waals surface area (Å²) in [6.45, 7) is 1.90. The lowest BCUT2D eigenvalue weighted by molar-refractivity contribution is 0.414. The van der Waals surface area contributed by atoms with E-state index in [1.165, 1.54) is 4.57 Å². The van der Waals surface area contributed by atoms with Gasteiger partial charge in [0.1, 0.15) is 5.75 Å². The molecule has 0 amide bonds. The summed E-state index contributed by atoms with van der Waals surface area (Å²) in [7, 11) is 1.60. The van der Waals surface area contributed by atoms with Crippen molar-refractivity contribution in [2.24, 2.45) is 5.10 Å². The number of benzene rings is 3. The Morgan fingerprint density at radius 3 is 2.38 bits per heavy atom. The van der Waals surface area contributed by atoms with Crippen LogP contribution in [0.25, 0.3) is 16.6 Å². The SMILES string of the molecule is COc1ccc(-n2c(N/N=C(\C)c3ccccc3)nc3ccccc3c2=O)cc1. The van der Waals surface area contributed by atoms with E-state index in [0.717, 1.165) is 11.3 Å². The van der Waals surface area contributed by atoms with Crippen LogP contribution in [0.3, 0.4) is 0 Å². The quantitative estimate of drug-likeness (QED) is 0.413. The molecule has 29 heavy (non-hydrogen) atoms. The van der Waals surface area contributed by atoms with Crippen LogP contribution < -0.4 is 15.7 Å². The molecule has 0 spiro atoms. The minimum absolute atomic E-state index is 0.171. The molecule has 0 radical (unpaired) electrons. The zero-order valence-corrected chi connectivity index (χ0v) is 16.2. The molecule has 0 aliphatic heterocycles. The molecule has 0 aliphatic rings. The van der Waals surface area contributed by atoms with Gasteiger partial charge in [0, 0.05) is 0 Å².